The van der Waals surface area contributed by atoms with Crippen LogP contribution in [0.25, 0.3) is 0 Å². The minimum Gasteiger partial charge on any atom is -0.464 e. The Hall–Kier alpha value is -3.19. The average molecular weight is 421 g/mol. The lowest BCUT2D eigenvalue weighted by atomic mass is 10.0. The highest BCUT2D eigenvalue weighted by molar-refractivity contribution is 7.80. The molecule has 2 N–H and O–H groups in total. The van der Waals surface area contributed by atoms with E-state index in [1.165, 1.54) is 0 Å². The number of aryl methyl sites for hydroxylation is 2. The van der Waals surface area contributed by atoms with Crippen LogP contribution in [-0.4, -0.2) is 27.4 Å². The first-order valence-electron chi connectivity index (χ1n) is 9.92. The van der Waals surface area contributed by atoms with E-state index in [0.29, 0.717) is 18.1 Å². The molecule has 2 atom stereocenters. The summed E-state index contributed by atoms with van der Waals surface area (Å²) in [5.74, 6) is 1.58. The zero-order valence-electron chi connectivity index (χ0n) is 17.0. The van der Waals surface area contributed by atoms with Gasteiger partial charge in [-0.2, -0.15) is 0 Å². The summed E-state index contributed by atoms with van der Waals surface area (Å²) in [7, 11) is 0. The number of amides is 1. The van der Waals surface area contributed by atoms with E-state index in [1.807, 2.05) is 73.3 Å². The van der Waals surface area contributed by atoms with E-state index in [2.05, 4.69) is 15.6 Å². The van der Waals surface area contributed by atoms with Gasteiger partial charge in [0.2, 0.25) is 5.91 Å². The lowest BCUT2D eigenvalue weighted by molar-refractivity contribution is -0.116. The van der Waals surface area contributed by atoms with Crippen molar-refractivity contribution < 1.29 is 9.21 Å². The van der Waals surface area contributed by atoms with Crippen molar-refractivity contribution in [1.29, 1.82) is 0 Å². The van der Waals surface area contributed by atoms with Gasteiger partial charge in [-0.3, -0.25) is 9.78 Å². The molecule has 4 rings (SSSR count). The number of rotatable bonds is 6. The molecule has 30 heavy (non-hydrogen) atoms. The van der Waals surface area contributed by atoms with Crippen LogP contribution >= 0.6 is 12.2 Å². The molecule has 3 aromatic rings. The number of benzene rings is 1. The SMILES string of the molecule is Cc1ccc(NC(=O)CCN2C(=S)N[C@H](c3ccccn3)[C@@H]2c2ccc(C)o2)cc1. The average Bonchev–Trinajstić information content (AvgIpc) is 3.31. The quantitative estimate of drug-likeness (QED) is 0.580. The molecule has 1 aliphatic rings. The van der Waals surface area contributed by atoms with Gasteiger partial charge in [0.1, 0.15) is 17.6 Å². The molecule has 0 saturated carbocycles. The highest BCUT2D eigenvalue weighted by Gasteiger charge is 2.41. The molecule has 1 saturated heterocycles. The molecule has 154 valence electrons. The lowest BCUT2D eigenvalue weighted by Crippen LogP contribution is -2.32. The monoisotopic (exact) mass is 420 g/mol. The van der Waals surface area contributed by atoms with Gasteiger partial charge in [0.15, 0.2) is 5.11 Å². The summed E-state index contributed by atoms with van der Waals surface area (Å²) < 4.78 is 5.94. The predicted molar refractivity (Wildman–Crippen MR) is 120 cm³/mol. The fourth-order valence-corrected chi connectivity index (χ4v) is 3.98. The zero-order chi connectivity index (χ0) is 21.1. The number of aromatic nitrogens is 1. The van der Waals surface area contributed by atoms with E-state index in [0.717, 1.165) is 28.5 Å². The van der Waals surface area contributed by atoms with Gasteiger partial charge in [-0.25, -0.2) is 0 Å². The Kier molecular flexibility index (Phi) is 5.81. The van der Waals surface area contributed by atoms with Crippen molar-refractivity contribution >= 4 is 28.9 Å². The number of nitrogens with one attached hydrogen (secondary N) is 2. The maximum absolute atomic E-state index is 12.5. The van der Waals surface area contributed by atoms with Crippen LogP contribution in [0.4, 0.5) is 5.69 Å². The fourth-order valence-electron chi connectivity index (χ4n) is 3.65. The second-order valence-electron chi connectivity index (χ2n) is 7.43. The Labute approximate surface area is 181 Å². The first-order valence-corrected chi connectivity index (χ1v) is 10.3. The first kappa shape index (κ1) is 20.1. The Balaban J connectivity index is 1.51. The highest BCUT2D eigenvalue weighted by Crippen LogP contribution is 2.39. The molecule has 1 aromatic carbocycles. The maximum Gasteiger partial charge on any atom is 0.226 e. The van der Waals surface area contributed by atoms with Gasteiger partial charge in [-0.15, -0.1) is 0 Å². The van der Waals surface area contributed by atoms with Crippen LogP contribution in [0.1, 0.15) is 41.3 Å². The van der Waals surface area contributed by atoms with E-state index < -0.39 is 0 Å². The van der Waals surface area contributed by atoms with Gasteiger partial charge in [0.05, 0.1) is 11.7 Å². The van der Waals surface area contributed by atoms with Gasteiger partial charge in [-0.1, -0.05) is 23.8 Å². The van der Waals surface area contributed by atoms with Gasteiger partial charge in [-0.05, 0) is 62.5 Å². The first-order chi connectivity index (χ1) is 14.5. The van der Waals surface area contributed by atoms with Gasteiger partial charge < -0.3 is 20.0 Å². The van der Waals surface area contributed by atoms with E-state index in [9.17, 15) is 4.79 Å². The van der Waals surface area contributed by atoms with Crippen molar-refractivity contribution in [2.24, 2.45) is 0 Å². The van der Waals surface area contributed by atoms with Crippen molar-refractivity contribution in [2.45, 2.75) is 32.4 Å². The third-order valence-electron chi connectivity index (χ3n) is 5.17. The maximum atomic E-state index is 12.5. The summed E-state index contributed by atoms with van der Waals surface area (Å²) in [6.07, 6.45) is 2.07. The van der Waals surface area contributed by atoms with Gasteiger partial charge in [0.25, 0.3) is 0 Å². The van der Waals surface area contributed by atoms with Gasteiger partial charge in [0, 0.05) is 24.8 Å². The van der Waals surface area contributed by atoms with E-state index >= 15 is 0 Å². The number of carbonyl (C=O) groups is 1. The Morgan fingerprint density at radius 1 is 1.17 bits per heavy atom. The standard InChI is InChI=1S/C23H24N4O2S/c1-15-6-9-17(10-7-15)25-20(28)12-14-27-22(19-11-8-16(2)29-19)21(26-23(27)30)18-5-3-4-13-24-18/h3-11,13,21-22H,12,14H2,1-2H3,(H,25,28)(H,26,30)/t21-,22+/m1/s1. The zero-order valence-corrected chi connectivity index (χ0v) is 17.8. The third-order valence-corrected chi connectivity index (χ3v) is 5.52. The molecule has 0 radical (unpaired) electrons. The number of pyridine rings is 1. The molecule has 1 fully saturated rings. The number of furan rings is 1. The van der Waals surface area contributed by atoms with Crippen molar-refractivity contribution in [3.05, 3.63) is 83.6 Å². The fraction of sp³-hybridized carbons (Fsp3) is 0.261. The number of hydrogen-bond acceptors (Lipinski definition) is 4. The summed E-state index contributed by atoms with van der Waals surface area (Å²) >= 11 is 5.61. The van der Waals surface area contributed by atoms with Crippen LogP contribution in [0.15, 0.2) is 65.2 Å². The molecule has 0 spiro atoms. The van der Waals surface area contributed by atoms with Crippen molar-refractivity contribution in [3.63, 3.8) is 0 Å². The Morgan fingerprint density at radius 3 is 2.63 bits per heavy atom. The van der Waals surface area contributed by atoms with Crippen LogP contribution in [0.5, 0.6) is 0 Å². The van der Waals surface area contributed by atoms with Crippen molar-refractivity contribution in [2.75, 3.05) is 11.9 Å². The normalized spacial score (nSPS) is 18.3. The molecule has 0 bridgehead atoms. The molecule has 0 aliphatic carbocycles. The van der Waals surface area contributed by atoms with E-state index in [-0.39, 0.29) is 18.0 Å². The van der Waals surface area contributed by atoms with Crippen molar-refractivity contribution in [1.82, 2.24) is 15.2 Å². The van der Waals surface area contributed by atoms with Crippen LogP contribution in [0, 0.1) is 13.8 Å². The topological polar surface area (TPSA) is 70.4 Å². The molecule has 2 aromatic heterocycles. The summed E-state index contributed by atoms with van der Waals surface area (Å²) in [6, 6.07) is 17.1. The number of hydrogen-bond donors (Lipinski definition) is 2. The summed E-state index contributed by atoms with van der Waals surface area (Å²) in [5, 5.41) is 6.90. The second kappa shape index (κ2) is 8.67. The smallest absolute Gasteiger partial charge is 0.226 e. The minimum atomic E-state index is -0.173. The summed E-state index contributed by atoms with van der Waals surface area (Å²) in [4.78, 5) is 19.0. The number of thiocarbonyl (C=S) groups is 1. The van der Waals surface area contributed by atoms with Crippen molar-refractivity contribution in [3.8, 4) is 0 Å². The molecule has 7 heteroatoms. The minimum absolute atomic E-state index is 0.0580. The molecular formula is C23H24N4O2S. The largest absolute Gasteiger partial charge is 0.464 e. The number of anilines is 1. The molecule has 3 heterocycles. The predicted octanol–water partition coefficient (Wildman–Crippen LogP) is 4.29. The number of carbonyl (C=O) groups excluding carboxylic acids is 1. The molecule has 1 aliphatic heterocycles. The molecule has 0 unspecified atom stereocenters. The molecular weight excluding hydrogens is 396 g/mol. The van der Waals surface area contributed by atoms with Crippen LogP contribution < -0.4 is 10.6 Å². The van der Waals surface area contributed by atoms with Crippen LogP contribution in [0.3, 0.4) is 0 Å². The van der Waals surface area contributed by atoms with Crippen LogP contribution in [-0.2, 0) is 4.79 Å². The van der Waals surface area contributed by atoms with E-state index in [4.69, 9.17) is 16.6 Å². The highest BCUT2D eigenvalue weighted by atomic mass is 32.1. The molecule has 1 amide bonds. The second-order valence-corrected chi connectivity index (χ2v) is 7.82. The Morgan fingerprint density at radius 2 is 1.97 bits per heavy atom. The summed E-state index contributed by atoms with van der Waals surface area (Å²) in [6.45, 7) is 4.40. The van der Waals surface area contributed by atoms with E-state index in [1.54, 1.807) is 6.20 Å². The summed E-state index contributed by atoms with van der Waals surface area (Å²) in [5.41, 5.74) is 2.82. The number of nitrogens with zero attached hydrogens (tertiary/aromatic N) is 2. The Bertz CT molecular complexity index is 1030. The third kappa shape index (κ3) is 4.36. The van der Waals surface area contributed by atoms with Crippen LogP contribution in [0.2, 0.25) is 0 Å². The lowest BCUT2D eigenvalue weighted by Gasteiger charge is -2.25. The van der Waals surface area contributed by atoms with Gasteiger partial charge >= 0.3 is 0 Å². The molecule has 6 nitrogen and oxygen atoms in total.